The Hall–Kier alpha value is -1.39. The molecule has 19 heavy (non-hydrogen) atoms. The van der Waals surface area contributed by atoms with Crippen LogP contribution < -0.4 is 10.6 Å². The van der Waals surface area contributed by atoms with Crippen LogP contribution in [0.2, 0.25) is 0 Å². The van der Waals surface area contributed by atoms with Crippen LogP contribution in [0.3, 0.4) is 0 Å². The van der Waals surface area contributed by atoms with Crippen molar-refractivity contribution in [2.45, 2.75) is 19.8 Å². The minimum Gasteiger partial charge on any atom is -0.396 e. The van der Waals surface area contributed by atoms with Crippen LogP contribution in [0.15, 0.2) is 24.3 Å². The molecule has 0 aliphatic heterocycles. The van der Waals surface area contributed by atoms with Crippen molar-refractivity contribution >= 4 is 5.91 Å². The number of aliphatic hydroxyl groups is 1. The van der Waals surface area contributed by atoms with Crippen molar-refractivity contribution in [2.75, 3.05) is 26.7 Å². The van der Waals surface area contributed by atoms with E-state index in [0.717, 1.165) is 24.1 Å². The number of rotatable bonds is 8. The highest BCUT2D eigenvalue weighted by Gasteiger charge is 2.11. The van der Waals surface area contributed by atoms with Crippen LogP contribution in [-0.2, 0) is 6.42 Å². The number of likely N-dealkylation sites (N-methyl/N-ethyl adjacent to an activating group) is 1. The van der Waals surface area contributed by atoms with Gasteiger partial charge in [0.1, 0.15) is 0 Å². The first-order chi connectivity index (χ1) is 9.19. The number of amides is 1. The van der Waals surface area contributed by atoms with E-state index in [2.05, 4.69) is 10.6 Å². The summed E-state index contributed by atoms with van der Waals surface area (Å²) >= 11 is 0. The zero-order valence-corrected chi connectivity index (χ0v) is 11.8. The van der Waals surface area contributed by atoms with Gasteiger partial charge in [0.2, 0.25) is 0 Å². The molecule has 106 valence electrons. The molecule has 1 amide bonds. The summed E-state index contributed by atoms with van der Waals surface area (Å²) in [5.74, 6) is 0.259. The van der Waals surface area contributed by atoms with E-state index in [1.165, 1.54) is 0 Å². The fourth-order valence-corrected chi connectivity index (χ4v) is 1.90. The van der Waals surface area contributed by atoms with Crippen molar-refractivity contribution in [3.05, 3.63) is 35.4 Å². The van der Waals surface area contributed by atoms with Crippen molar-refractivity contribution in [1.82, 2.24) is 10.6 Å². The Kier molecular flexibility index (Phi) is 7.15. The van der Waals surface area contributed by atoms with Crippen LogP contribution in [0, 0.1) is 5.92 Å². The summed E-state index contributed by atoms with van der Waals surface area (Å²) in [4.78, 5) is 12.1. The van der Waals surface area contributed by atoms with E-state index in [1.807, 2.05) is 38.2 Å². The van der Waals surface area contributed by atoms with E-state index >= 15 is 0 Å². The van der Waals surface area contributed by atoms with E-state index < -0.39 is 0 Å². The summed E-state index contributed by atoms with van der Waals surface area (Å²) in [6.07, 6.45) is 1.55. The number of hydrogen-bond donors (Lipinski definition) is 3. The average molecular weight is 264 g/mol. The third kappa shape index (κ3) is 5.41. The highest BCUT2D eigenvalue weighted by atomic mass is 16.3. The number of carbonyl (C=O) groups excluding carboxylic acids is 1. The van der Waals surface area contributed by atoms with Gasteiger partial charge >= 0.3 is 0 Å². The van der Waals surface area contributed by atoms with Crippen molar-refractivity contribution in [2.24, 2.45) is 5.92 Å². The molecule has 3 N–H and O–H groups in total. The molecule has 4 nitrogen and oxygen atoms in total. The maximum Gasteiger partial charge on any atom is 0.251 e. The lowest BCUT2D eigenvalue weighted by Gasteiger charge is -2.13. The Morgan fingerprint density at radius 1 is 1.37 bits per heavy atom. The molecule has 1 unspecified atom stereocenters. The maximum absolute atomic E-state index is 12.1. The van der Waals surface area contributed by atoms with Gasteiger partial charge in [-0.2, -0.15) is 0 Å². The fourth-order valence-electron chi connectivity index (χ4n) is 1.90. The van der Waals surface area contributed by atoms with Crippen molar-refractivity contribution in [1.29, 1.82) is 0 Å². The third-order valence-corrected chi connectivity index (χ3v) is 3.14. The molecule has 1 aromatic rings. The molecule has 4 heteroatoms. The molecule has 0 saturated heterocycles. The molecule has 1 atom stereocenters. The highest BCUT2D eigenvalue weighted by Crippen LogP contribution is 2.09. The maximum atomic E-state index is 12.1. The monoisotopic (exact) mass is 264 g/mol. The normalized spacial score (nSPS) is 12.2. The molecule has 1 rings (SSSR count). The highest BCUT2D eigenvalue weighted by molar-refractivity contribution is 5.95. The Morgan fingerprint density at radius 3 is 2.79 bits per heavy atom. The summed E-state index contributed by atoms with van der Waals surface area (Å²) in [6.45, 7) is 3.63. The number of carbonyl (C=O) groups is 1. The fraction of sp³-hybridized carbons (Fsp3) is 0.533. The second kappa shape index (κ2) is 8.67. The predicted molar refractivity (Wildman–Crippen MR) is 77.3 cm³/mol. The van der Waals surface area contributed by atoms with Gasteiger partial charge in [-0.25, -0.2) is 0 Å². The number of hydrogen-bond acceptors (Lipinski definition) is 3. The first-order valence-corrected chi connectivity index (χ1v) is 6.80. The summed E-state index contributed by atoms with van der Waals surface area (Å²) in [7, 11) is 1.90. The van der Waals surface area contributed by atoms with Gasteiger partial charge in [0.25, 0.3) is 5.91 Å². The molecular formula is C15H24N2O2. The average Bonchev–Trinajstić information content (AvgIpc) is 2.43. The van der Waals surface area contributed by atoms with Gasteiger partial charge in [-0.05, 0) is 44.0 Å². The SMILES string of the molecule is CNCCc1ccccc1C(=O)NCC(C)CCO. The Bertz CT molecular complexity index is 393. The number of aliphatic hydroxyl groups excluding tert-OH is 1. The molecule has 0 saturated carbocycles. The zero-order chi connectivity index (χ0) is 14.1. The van der Waals surface area contributed by atoms with Gasteiger partial charge < -0.3 is 15.7 Å². The number of nitrogens with one attached hydrogen (secondary N) is 2. The van der Waals surface area contributed by atoms with Gasteiger partial charge in [-0.1, -0.05) is 25.1 Å². The largest absolute Gasteiger partial charge is 0.396 e. The topological polar surface area (TPSA) is 61.4 Å². The quantitative estimate of drug-likeness (QED) is 0.661. The number of benzene rings is 1. The van der Waals surface area contributed by atoms with Gasteiger partial charge in [-0.3, -0.25) is 4.79 Å². The Morgan fingerprint density at radius 2 is 2.11 bits per heavy atom. The van der Waals surface area contributed by atoms with Crippen molar-refractivity contribution in [3.8, 4) is 0 Å². The first kappa shape index (κ1) is 15.7. The zero-order valence-electron chi connectivity index (χ0n) is 11.8. The van der Waals surface area contributed by atoms with E-state index in [-0.39, 0.29) is 12.5 Å². The molecule has 0 spiro atoms. The molecule has 0 aromatic heterocycles. The molecule has 0 bridgehead atoms. The van der Waals surface area contributed by atoms with Crippen LogP contribution >= 0.6 is 0 Å². The smallest absolute Gasteiger partial charge is 0.251 e. The van der Waals surface area contributed by atoms with Gasteiger partial charge in [-0.15, -0.1) is 0 Å². The Balaban J connectivity index is 2.60. The summed E-state index contributed by atoms with van der Waals surface area (Å²) in [5, 5.41) is 14.9. The van der Waals surface area contributed by atoms with Crippen LogP contribution in [0.1, 0.15) is 29.3 Å². The molecule has 0 radical (unpaired) electrons. The minimum atomic E-state index is -0.0310. The summed E-state index contributed by atoms with van der Waals surface area (Å²) < 4.78 is 0. The lowest BCUT2D eigenvalue weighted by molar-refractivity contribution is 0.0944. The standard InChI is InChI=1S/C15H24N2O2/c1-12(8-10-18)11-17-15(19)14-6-4-3-5-13(14)7-9-16-2/h3-6,12,16,18H,7-11H2,1-2H3,(H,17,19). The summed E-state index contributed by atoms with van der Waals surface area (Å²) in [6, 6.07) is 7.69. The predicted octanol–water partition coefficient (Wildman–Crippen LogP) is 1.20. The van der Waals surface area contributed by atoms with Crippen molar-refractivity contribution in [3.63, 3.8) is 0 Å². The van der Waals surface area contributed by atoms with Gasteiger partial charge in [0.05, 0.1) is 0 Å². The first-order valence-electron chi connectivity index (χ1n) is 6.80. The van der Waals surface area contributed by atoms with E-state index in [9.17, 15) is 4.79 Å². The molecule has 0 aliphatic carbocycles. The molecular weight excluding hydrogens is 240 g/mol. The molecule has 1 aromatic carbocycles. The van der Waals surface area contributed by atoms with E-state index in [0.29, 0.717) is 18.9 Å². The lowest BCUT2D eigenvalue weighted by Crippen LogP contribution is -2.29. The van der Waals surface area contributed by atoms with Crippen LogP contribution in [0.5, 0.6) is 0 Å². The van der Waals surface area contributed by atoms with E-state index in [1.54, 1.807) is 0 Å². The van der Waals surface area contributed by atoms with Crippen molar-refractivity contribution < 1.29 is 9.90 Å². The second-order valence-corrected chi connectivity index (χ2v) is 4.84. The molecule has 0 aliphatic rings. The van der Waals surface area contributed by atoms with Crippen LogP contribution in [-0.4, -0.2) is 37.8 Å². The second-order valence-electron chi connectivity index (χ2n) is 4.84. The van der Waals surface area contributed by atoms with Crippen LogP contribution in [0.4, 0.5) is 0 Å². The van der Waals surface area contributed by atoms with Gasteiger partial charge in [0.15, 0.2) is 0 Å². The minimum absolute atomic E-state index is 0.0310. The van der Waals surface area contributed by atoms with Gasteiger partial charge in [0, 0.05) is 18.7 Å². The lowest BCUT2D eigenvalue weighted by atomic mass is 10.0. The third-order valence-electron chi connectivity index (χ3n) is 3.14. The molecule has 0 heterocycles. The molecule has 0 fully saturated rings. The Labute approximate surface area is 115 Å². The summed E-state index contributed by atoms with van der Waals surface area (Å²) in [5.41, 5.74) is 1.80. The van der Waals surface area contributed by atoms with Crippen LogP contribution in [0.25, 0.3) is 0 Å². The van der Waals surface area contributed by atoms with E-state index in [4.69, 9.17) is 5.11 Å².